The van der Waals surface area contributed by atoms with Crippen molar-refractivity contribution in [1.82, 2.24) is 4.90 Å². The Bertz CT molecular complexity index is 491. The van der Waals surface area contributed by atoms with E-state index >= 15 is 0 Å². The van der Waals surface area contributed by atoms with Gasteiger partial charge in [-0.2, -0.15) is 0 Å². The SMILES string of the molecule is CCCC(C)N(C)C(=O)c1ccc([N+](=O)[O-])cc1Cl. The number of amides is 1. The number of nitro groups is 1. The number of carbonyl (C=O) groups is 1. The highest BCUT2D eigenvalue weighted by Gasteiger charge is 2.20. The zero-order chi connectivity index (χ0) is 14.6. The quantitative estimate of drug-likeness (QED) is 0.614. The third kappa shape index (κ3) is 3.67. The van der Waals surface area contributed by atoms with Crippen LogP contribution in [-0.4, -0.2) is 28.8 Å². The standard InChI is InChI=1S/C13H17ClN2O3/c1-4-5-9(2)15(3)13(17)11-7-6-10(16(18)19)8-12(11)14/h6-9H,4-5H2,1-3H3. The number of benzene rings is 1. The van der Waals surface area contributed by atoms with E-state index in [4.69, 9.17) is 11.6 Å². The smallest absolute Gasteiger partial charge is 0.270 e. The van der Waals surface area contributed by atoms with Gasteiger partial charge in [-0.25, -0.2) is 0 Å². The number of halogens is 1. The van der Waals surface area contributed by atoms with Gasteiger partial charge >= 0.3 is 0 Å². The highest BCUT2D eigenvalue weighted by molar-refractivity contribution is 6.34. The molecule has 1 aromatic carbocycles. The number of carbonyl (C=O) groups excluding carboxylic acids is 1. The van der Waals surface area contributed by atoms with E-state index in [0.29, 0.717) is 0 Å². The Balaban J connectivity index is 2.97. The molecule has 0 aliphatic rings. The topological polar surface area (TPSA) is 63.5 Å². The van der Waals surface area contributed by atoms with E-state index in [9.17, 15) is 14.9 Å². The van der Waals surface area contributed by atoms with Gasteiger partial charge in [-0.3, -0.25) is 14.9 Å². The van der Waals surface area contributed by atoms with Crippen LogP contribution >= 0.6 is 11.6 Å². The second-order valence-corrected chi connectivity index (χ2v) is 4.88. The lowest BCUT2D eigenvalue weighted by Gasteiger charge is -2.25. The minimum Gasteiger partial charge on any atom is -0.339 e. The maximum absolute atomic E-state index is 12.2. The maximum Gasteiger partial charge on any atom is 0.270 e. The van der Waals surface area contributed by atoms with Crippen LogP contribution in [0.15, 0.2) is 18.2 Å². The molecule has 1 atom stereocenters. The van der Waals surface area contributed by atoms with Crippen LogP contribution in [0.3, 0.4) is 0 Å². The highest BCUT2D eigenvalue weighted by Crippen LogP contribution is 2.24. The molecule has 0 aliphatic heterocycles. The summed E-state index contributed by atoms with van der Waals surface area (Å²) in [7, 11) is 1.71. The predicted octanol–water partition coefficient (Wildman–Crippen LogP) is 3.51. The van der Waals surface area contributed by atoms with Crippen molar-refractivity contribution in [1.29, 1.82) is 0 Å². The van der Waals surface area contributed by atoms with Crippen molar-refractivity contribution in [3.8, 4) is 0 Å². The fraction of sp³-hybridized carbons (Fsp3) is 0.462. The van der Waals surface area contributed by atoms with Gasteiger partial charge in [-0.15, -0.1) is 0 Å². The molecule has 6 heteroatoms. The molecular weight excluding hydrogens is 268 g/mol. The van der Waals surface area contributed by atoms with Crippen molar-refractivity contribution in [2.24, 2.45) is 0 Å². The summed E-state index contributed by atoms with van der Waals surface area (Å²) < 4.78 is 0. The first-order valence-electron chi connectivity index (χ1n) is 6.09. The number of nitrogens with zero attached hydrogens (tertiary/aromatic N) is 2. The summed E-state index contributed by atoms with van der Waals surface area (Å²) in [6.07, 6.45) is 1.87. The zero-order valence-corrected chi connectivity index (χ0v) is 12.0. The molecule has 0 heterocycles. The second kappa shape index (κ2) is 6.52. The number of nitro benzene ring substituents is 1. The average Bonchev–Trinajstić information content (AvgIpc) is 2.37. The molecule has 1 amide bonds. The molecule has 0 aromatic heterocycles. The summed E-state index contributed by atoms with van der Waals surface area (Å²) in [4.78, 5) is 23.9. The average molecular weight is 285 g/mol. The van der Waals surface area contributed by atoms with Crippen molar-refractivity contribution in [3.63, 3.8) is 0 Å². The Morgan fingerprint density at radius 2 is 2.16 bits per heavy atom. The normalized spacial score (nSPS) is 12.0. The first-order valence-corrected chi connectivity index (χ1v) is 6.47. The van der Waals surface area contributed by atoms with Crippen LogP contribution in [0.1, 0.15) is 37.0 Å². The van der Waals surface area contributed by atoms with E-state index in [1.165, 1.54) is 18.2 Å². The highest BCUT2D eigenvalue weighted by atomic mass is 35.5. The van der Waals surface area contributed by atoms with Gasteiger partial charge in [-0.05, 0) is 19.4 Å². The summed E-state index contributed by atoms with van der Waals surface area (Å²) >= 11 is 5.94. The van der Waals surface area contributed by atoms with Gasteiger partial charge in [0.15, 0.2) is 0 Å². The molecule has 0 bridgehead atoms. The van der Waals surface area contributed by atoms with Crippen LogP contribution in [0, 0.1) is 10.1 Å². The molecule has 19 heavy (non-hydrogen) atoms. The lowest BCUT2D eigenvalue weighted by atomic mass is 10.1. The largest absolute Gasteiger partial charge is 0.339 e. The number of non-ortho nitro benzene ring substituents is 1. The maximum atomic E-state index is 12.2. The lowest BCUT2D eigenvalue weighted by molar-refractivity contribution is -0.384. The van der Waals surface area contributed by atoms with Crippen LogP contribution in [0.5, 0.6) is 0 Å². The molecule has 0 N–H and O–H groups in total. The van der Waals surface area contributed by atoms with Gasteiger partial charge in [0, 0.05) is 25.2 Å². The van der Waals surface area contributed by atoms with Crippen LogP contribution in [0.4, 0.5) is 5.69 Å². The van der Waals surface area contributed by atoms with Crippen LogP contribution in [0.25, 0.3) is 0 Å². The van der Waals surface area contributed by atoms with E-state index in [1.807, 2.05) is 13.8 Å². The van der Waals surface area contributed by atoms with E-state index in [2.05, 4.69) is 0 Å². The molecule has 0 aliphatic carbocycles. The minimum absolute atomic E-state index is 0.101. The first kappa shape index (κ1) is 15.4. The molecule has 0 spiro atoms. The van der Waals surface area contributed by atoms with E-state index in [0.717, 1.165) is 12.8 Å². The van der Waals surface area contributed by atoms with Crippen molar-refractivity contribution in [2.75, 3.05) is 7.05 Å². The van der Waals surface area contributed by atoms with Crippen LogP contribution < -0.4 is 0 Å². The summed E-state index contributed by atoms with van der Waals surface area (Å²) in [5, 5.41) is 10.7. The van der Waals surface area contributed by atoms with Crippen molar-refractivity contribution in [2.45, 2.75) is 32.7 Å². The number of hydrogen-bond acceptors (Lipinski definition) is 3. The Labute approximate surface area is 117 Å². The monoisotopic (exact) mass is 284 g/mol. The number of rotatable bonds is 5. The third-order valence-electron chi connectivity index (χ3n) is 3.08. The summed E-state index contributed by atoms with van der Waals surface area (Å²) in [6, 6.07) is 3.99. The van der Waals surface area contributed by atoms with E-state index in [-0.39, 0.29) is 28.2 Å². The molecule has 1 aromatic rings. The molecular formula is C13H17ClN2O3. The third-order valence-corrected chi connectivity index (χ3v) is 3.39. The van der Waals surface area contributed by atoms with Crippen LogP contribution in [-0.2, 0) is 0 Å². The fourth-order valence-corrected chi connectivity index (χ4v) is 2.05. The molecule has 0 saturated heterocycles. The Morgan fingerprint density at radius 1 is 1.53 bits per heavy atom. The van der Waals surface area contributed by atoms with Crippen molar-refractivity contribution >= 4 is 23.2 Å². The Hall–Kier alpha value is -1.62. The molecule has 104 valence electrons. The predicted molar refractivity (Wildman–Crippen MR) is 74.6 cm³/mol. The summed E-state index contributed by atoms with van der Waals surface area (Å²) in [5.41, 5.74) is 0.170. The van der Waals surface area contributed by atoms with Gasteiger partial charge in [0.1, 0.15) is 0 Å². The fourth-order valence-electron chi connectivity index (χ4n) is 1.79. The lowest BCUT2D eigenvalue weighted by Crippen LogP contribution is -2.35. The summed E-state index contributed by atoms with van der Waals surface area (Å²) in [6.45, 7) is 4.01. The van der Waals surface area contributed by atoms with E-state index < -0.39 is 4.92 Å². The molecule has 1 unspecified atom stereocenters. The van der Waals surface area contributed by atoms with Gasteiger partial charge in [-0.1, -0.05) is 24.9 Å². The molecule has 0 fully saturated rings. The minimum atomic E-state index is -0.538. The Morgan fingerprint density at radius 3 is 2.63 bits per heavy atom. The molecule has 5 nitrogen and oxygen atoms in total. The van der Waals surface area contributed by atoms with Gasteiger partial charge < -0.3 is 4.90 Å². The first-order chi connectivity index (χ1) is 8.88. The Kier molecular flexibility index (Phi) is 5.30. The van der Waals surface area contributed by atoms with Crippen molar-refractivity contribution < 1.29 is 9.72 Å². The van der Waals surface area contributed by atoms with Crippen LogP contribution in [0.2, 0.25) is 5.02 Å². The van der Waals surface area contributed by atoms with Gasteiger partial charge in [0.2, 0.25) is 0 Å². The zero-order valence-electron chi connectivity index (χ0n) is 11.2. The summed E-state index contributed by atoms with van der Waals surface area (Å²) in [5.74, 6) is -0.221. The second-order valence-electron chi connectivity index (χ2n) is 4.48. The van der Waals surface area contributed by atoms with Gasteiger partial charge in [0.05, 0.1) is 15.5 Å². The number of hydrogen-bond donors (Lipinski definition) is 0. The van der Waals surface area contributed by atoms with Gasteiger partial charge in [0.25, 0.3) is 11.6 Å². The molecule has 0 radical (unpaired) electrons. The molecule has 0 saturated carbocycles. The van der Waals surface area contributed by atoms with Crippen molar-refractivity contribution in [3.05, 3.63) is 38.9 Å². The van der Waals surface area contributed by atoms with E-state index in [1.54, 1.807) is 11.9 Å². The molecule has 1 rings (SSSR count).